The molecule has 1 heterocycles. The van der Waals surface area contributed by atoms with Crippen molar-refractivity contribution in [2.45, 2.75) is 9.79 Å². The third kappa shape index (κ3) is 3.63. The van der Waals surface area contributed by atoms with Gasteiger partial charge in [0.1, 0.15) is 20.2 Å². The van der Waals surface area contributed by atoms with Crippen LogP contribution in [0, 0.1) is 0 Å². The summed E-state index contributed by atoms with van der Waals surface area (Å²) in [5.41, 5.74) is -5.58. The zero-order chi connectivity index (χ0) is 31.6. The van der Waals surface area contributed by atoms with Gasteiger partial charge < -0.3 is 19.1 Å². The van der Waals surface area contributed by atoms with Crippen molar-refractivity contribution in [1.29, 1.82) is 0 Å². The number of benzene rings is 6. The first kappa shape index (κ1) is 28.3. The highest BCUT2D eigenvalue weighted by atomic mass is 35.5. The lowest BCUT2D eigenvalue weighted by molar-refractivity contribution is 0.462. The van der Waals surface area contributed by atoms with Gasteiger partial charge in [-0.3, -0.25) is 19.2 Å². The second kappa shape index (κ2) is 9.04. The molecule has 0 fully saturated rings. The van der Waals surface area contributed by atoms with Crippen molar-refractivity contribution in [2.75, 3.05) is 0 Å². The lowest BCUT2D eigenvalue weighted by Gasteiger charge is -2.19. The number of hydrogen-bond donors (Lipinski definition) is 2. The summed E-state index contributed by atoms with van der Waals surface area (Å²) < 4.78 is 75.1. The Morgan fingerprint density at radius 1 is 0.477 bits per heavy atom. The molecular weight excluding hydrogens is 659 g/mol. The maximum absolute atomic E-state index is 13.8. The van der Waals surface area contributed by atoms with E-state index in [9.17, 15) is 45.1 Å². The Labute approximate surface area is 252 Å². The zero-order valence-electron chi connectivity index (χ0n) is 21.3. The number of aromatic nitrogens is 2. The molecule has 2 N–H and O–H groups in total. The van der Waals surface area contributed by atoms with Crippen molar-refractivity contribution in [3.8, 4) is 0 Å². The van der Waals surface area contributed by atoms with Crippen molar-refractivity contribution in [3.63, 3.8) is 0 Å². The highest BCUT2D eigenvalue weighted by molar-refractivity contribution is 7.86. The molecule has 7 aromatic rings. The Kier molecular flexibility index (Phi) is 5.82. The Morgan fingerprint density at radius 3 is 1.02 bits per heavy atom. The van der Waals surface area contributed by atoms with Crippen LogP contribution in [-0.4, -0.2) is 35.9 Å². The molecule has 0 bridgehead atoms. The van der Waals surface area contributed by atoms with Gasteiger partial charge in [0.25, 0.3) is 0 Å². The molecule has 12 nitrogen and oxygen atoms in total. The van der Waals surface area contributed by atoms with E-state index in [0.717, 1.165) is 0 Å². The Bertz CT molecular complexity index is 2790. The summed E-state index contributed by atoms with van der Waals surface area (Å²) in [7, 11) is -11.1. The highest BCUT2D eigenvalue weighted by Gasteiger charge is 2.28. The first-order valence-corrected chi connectivity index (χ1v) is 15.8. The first-order valence-electron chi connectivity index (χ1n) is 12.3. The molecule has 0 radical (unpaired) electrons. The molecule has 0 saturated heterocycles. The van der Waals surface area contributed by atoms with Gasteiger partial charge in [-0.15, -0.1) is 0 Å². The monoisotopic (exact) mass is 668 g/mol. The number of rotatable bonds is 2. The number of hydrogen-bond acceptors (Lipinski definition) is 10. The minimum Gasteiger partial charge on any atom is -0.744 e. The average Bonchev–Trinajstić information content (AvgIpc) is 2.96. The SMILES string of the molecule is O=c1c2ccccc2c(=O)c2c1c(S(=O)(=O)[O-])c(Cl)c1[nH]c3c([nH]c12)c(Cl)c(S(=O)(=O)[O-])c1c(=O)c2ccccc2c(=O)c13. The number of aromatic amines is 2. The third-order valence-corrected chi connectivity index (χ3v) is 10.3. The van der Waals surface area contributed by atoms with E-state index in [1.807, 2.05) is 0 Å². The summed E-state index contributed by atoms with van der Waals surface area (Å²) in [6.45, 7) is 0. The van der Waals surface area contributed by atoms with E-state index in [1.54, 1.807) is 0 Å². The first-order chi connectivity index (χ1) is 20.6. The fourth-order valence-electron chi connectivity index (χ4n) is 5.78. The van der Waals surface area contributed by atoms with Crippen LogP contribution < -0.4 is 21.7 Å². The van der Waals surface area contributed by atoms with Gasteiger partial charge >= 0.3 is 0 Å². The van der Waals surface area contributed by atoms with Crippen molar-refractivity contribution in [3.05, 3.63) is 99.5 Å². The van der Waals surface area contributed by atoms with Crippen molar-refractivity contribution in [2.24, 2.45) is 0 Å². The van der Waals surface area contributed by atoms with Crippen LogP contribution in [0.2, 0.25) is 10.0 Å². The summed E-state index contributed by atoms with van der Waals surface area (Å²) >= 11 is 12.9. The Hall–Kier alpha value is -4.44. The van der Waals surface area contributed by atoms with E-state index in [2.05, 4.69) is 9.97 Å². The molecule has 6 aromatic carbocycles. The summed E-state index contributed by atoms with van der Waals surface area (Å²) in [6, 6.07) is 10.8. The molecule has 0 aliphatic carbocycles. The van der Waals surface area contributed by atoms with Crippen LogP contribution in [0.3, 0.4) is 0 Å². The van der Waals surface area contributed by atoms with Gasteiger partial charge in [-0.1, -0.05) is 71.7 Å². The van der Waals surface area contributed by atoms with Gasteiger partial charge in [-0.05, 0) is 0 Å². The normalized spacial score (nSPS) is 12.8. The largest absolute Gasteiger partial charge is 0.744 e. The van der Waals surface area contributed by atoms with E-state index in [1.165, 1.54) is 48.5 Å². The molecule has 0 atom stereocenters. The fraction of sp³-hybridized carbons (Fsp3) is 0. The number of nitrogens with one attached hydrogen (secondary N) is 2. The van der Waals surface area contributed by atoms with Crippen LogP contribution in [0.5, 0.6) is 0 Å². The standard InChI is InChI=1S/C28H12Cl2N2O10S2/c29-17-21-19(13-15(27(17)43(37,38)39)25(35)11-7-3-1-5-9(11)23(13)33)31-22-18(30)28(44(40,41)42)16-14(20(22)32-21)24(34)10-6-2-4-8-12(10)26(16)36/h1-8,31-32H,(H,37,38,39)(H,40,41,42)/p-2. The van der Waals surface area contributed by atoms with Gasteiger partial charge in [0, 0.05) is 21.5 Å². The smallest absolute Gasteiger partial charge is 0.196 e. The molecule has 44 heavy (non-hydrogen) atoms. The molecule has 220 valence electrons. The molecule has 0 saturated carbocycles. The lowest BCUT2D eigenvalue weighted by atomic mass is 9.99. The molecular formula is C28H10Cl2N2O10S2-2. The number of halogens is 2. The van der Waals surface area contributed by atoms with E-state index in [0.29, 0.717) is 0 Å². The Balaban J connectivity index is 1.91. The minimum atomic E-state index is -5.55. The van der Waals surface area contributed by atoms with Crippen molar-refractivity contribution in [1.82, 2.24) is 9.97 Å². The van der Waals surface area contributed by atoms with Crippen LogP contribution in [0.15, 0.2) is 77.5 Å². The van der Waals surface area contributed by atoms with Crippen molar-refractivity contribution < 1.29 is 25.9 Å². The maximum atomic E-state index is 13.8. The van der Waals surface area contributed by atoms with Gasteiger partial charge in [0.2, 0.25) is 0 Å². The summed E-state index contributed by atoms with van der Waals surface area (Å²) in [6.07, 6.45) is 0. The highest BCUT2D eigenvalue weighted by Crippen LogP contribution is 2.40. The predicted octanol–water partition coefficient (Wildman–Crippen LogP) is 3.26. The van der Waals surface area contributed by atoms with Crippen LogP contribution in [0.1, 0.15) is 0 Å². The molecule has 0 amide bonds. The number of fused-ring (bicyclic) bond motifs is 8. The van der Waals surface area contributed by atoms with Crippen LogP contribution in [0.4, 0.5) is 0 Å². The van der Waals surface area contributed by atoms with Gasteiger partial charge in [0.05, 0.1) is 63.4 Å². The molecule has 0 aliphatic rings. The second-order valence-corrected chi connectivity index (χ2v) is 13.2. The number of H-pyrrole nitrogens is 2. The van der Waals surface area contributed by atoms with Gasteiger partial charge in [-0.25, -0.2) is 16.8 Å². The minimum absolute atomic E-state index is 0.145. The molecule has 7 rings (SSSR count). The molecule has 16 heteroatoms. The van der Waals surface area contributed by atoms with Crippen molar-refractivity contribution >= 4 is 109 Å². The van der Waals surface area contributed by atoms with Crippen LogP contribution in [-0.2, 0) is 20.2 Å². The summed E-state index contributed by atoms with van der Waals surface area (Å²) in [5.74, 6) is 0. The Morgan fingerprint density at radius 2 is 0.750 bits per heavy atom. The van der Waals surface area contributed by atoms with Gasteiger partial charge in [0.15, 0.2) is 21.7 Å². The maximum Gasteiger partial charge on any atom is 0.196 e. The predicted molar refractivity (Wildman–Crippen MR) is 162 cm³/mol. The van der Waals surface area contributed by atoms with Crippen LogP contribution in [0.25, 0.3) is 65.2 Å². The third-order valence-electron chi connectivity index (χ3n) is 7.53. The lowest BCUT2D eigenvalue weighted by Crippen LogP contribution is -2.19. The summed E-state index contributed by atoms with van der Waals surface area (Å²) in [4.78, 5) is 57.5. The topological polar surface area (TPSA) is 214 Å². The van der Waals surface area contributed by atoms with Crippen LogP contribution >= 0.6 is 23.2 Å². The van der Waals surface area contributed by atoms with E-state index < -0.39 is 105 Å². The van der Waals surface area contributed by atoms with E-state index >= 15 is 0 Å². The molecule has 0 spiro atoms. The van der Waals surface area contributed by atoms with Gasteiger partial charge in [-0.2, -0.15) is 0 Å². The molecule has 0 unspecified atom stereocenters. The van der Waals surface area contributed by atoms with E-state index in [-0.39, 0.29) is 21.5 Å². The second-order valence-electron chi connectivity index (χ2n) is 9.85. The quantitative estimate of drug-likeness (QED) is 0.156. The zero-order valence-corrected chi connectivity index (χ0v) is 24.4. The molecule has 0 aliphatic heterocycles. The van der Waals surface area contributed by atoms with E-state index in [4.69, 9.17) is 23.2 Å². The summed E-state index contributed by atoms with van der Waals surface area (Å²) in [5, 5.41) is -5.29. The molecule has 1 aromatic heterocycles. The fourth-order valence-corrected chi connectivity index (χ4v) is 8.35. The average molecular weight is 669 g/mol.